The minimum Gasteiger partial charge on any atom is -0.200 e. The quantitative estimate of drug-likeness (QED) is 0.633. The van der Waals surface area contributed by atoms with Crippen molar-refractivity contribution >= 4 is 0 Å². The summed E-state index contributed by atoms with van der Waals surface area (Å²) in [5, 5.41) is 0. The molecule has 1 aromatic rings. The fraction of sp³-hybridized carbons (Fsp3) is 0.333. The van der Waals surface area contributed by atoms with Crippen LogP contribution in [0, 0.1) is 17.8 Å². The molecule has 0 atom stereocenters. The first kappa shape index (κ1) is 10.7. The van der Waals surface area contributed by atoms with Crippen LogP contribution in [0.4, 0.5) is 8.78 Å². The number of terminal acetylenes is 1. The van der Waals surface area contributed by atoms with Gasteiger partial charge in [0, 0.05) is 5.56 Å². The van der Waals surface area contributed by atoms with Crippen LogP contribution in [0.3, 0.4) is 0 Å². The van der Waals surface area contributed by atoms with Crippen LogP contribution in [0.5, 0.6) is 0 Å². The van der Waals surface area contributed by atoms with Crippen LogP contribution in [0.15, 0.2) is 30.3 Å². The summed E-state index contributed by atoms with van der Waals surface area (Å²) in [6.45, 7) is 2.72. The second-order valence-corrected chi connectivity index (χ2v) is 3.71. The standard InChI is InChI=1S/C12H12F2/c1-4-11(2,3)12(13,14)10-8-6-5-7-9-10/h1,5-9H,2-3H3. The van der Waals surface area contributed by atoms with Crippen molar-refractivity contribution in [3.63, 3.8) is 0 Å². The monoisotopic (exact) mass is 194 g/mol. The van der Waals surface area contributed by atoms with Crippen molar-refractivity contribution in [2.75, 3.05) is 0 Å². The van der Waals surface area contributed by atoms with E-state index in [9.17, 15) is 8.78 Å². The summed E-state index contributed by atoms with van der Waals surface area (Å²) >= 11 is 0. The van der Waals surface area contributed by atoms with Gasteiger partial charge in [0.2, 0.25) is 0 Å². The number of hydrogen-bond acceptors (Lipinski definition) is 0. The Hall–Kier alpha value is -1.36. The number of halogens is 2. The highest BCUT2D eigenvalue weighted by molar-refractivity contribution is 5.26. The molecule has 0 nitrogen and oxygen atoms in total. The number of rotatable bonds is 2. The van der Waals surface area contributed by atoms with Gasteiger partial charge in [-0.2, -0.15) is 8.78 Å². The van der Waals surface area contributed by atoms with Crippen LogP contribution in [0.1, 0.15) is 19.4 Å². The lowest BCUT2D eigenvalue weighted by molar-refractivity contribution is -0.0844. The van der Waals surface area contributed by atoms with Gasteiger partial charge >= 0.3 is 0 Å². The smallest absolute Gasteiger partial charge is 0.200 e. The summed E-state index contributed by atoms with van der Waals surface area (Å²) < 4.78 is 27.6. The summed E-state index contributed by atoms with van der Waals surface area (Å²) in [4.78, 5) is 0. The molecule has 0 aliphatic heterocycles. The maximum absolute atomic E-state index is 13.8. The van der Waals surface area contributed by atoms with E-state index in [1.165, 1.54) is 26.0 Å². The maximum atomic E-state index is 13.8. The van der Waals surface area contributed by atoms with Crippen molar-refractivity contribution in [1.82, 2.24) is 0 Å². The van der Waals surface area contributed by atoms with Crippen molar-refractivity contribution in [2.45, 2.75) is 19.8 Å². The van der Waals surface area contributed by atoms with E-state index < -0.39 is 11.3 Å². The van der Waals surface area contributed by atoms with Crippen molar-refractivity contribution in [1.29, 1.82) is 0 Å². The molecule has 0 aromatic heterocycles. The summed E-state index contributed by atoms with van der Waals surface area (Å²) in [7, 11) is 0. The third kappa shape index (κ3) is 1.63. The zero-order chi connectivity index (χ0) is 10.8. The first-order valence-corrected chi connectivity index (χ1v) is 4.33. The lowest BCUT2D eigenvalue weighted by atomic mass is 9.82. The molecule has 0 amide bonds. The molecule has 0 heterocycles. The first-order valence-electron chi connectivity index (χ1n) is 4.33. The predicted octanol–water partition coefficient (Wildman–Crippen LogP) is 3.44. The molecule has 74 valence electrons. The molecule has 0 bridgehead atoms. The van der Waals surface area contributed by atoms with E-state index in [0.29, 0.717) is 0 Å². The first-order chi connectivity index (χ1) is 6.42. The molecule has 14 heavy (non-hydrogen) atoms. The molecule has 0 aliphatic rings. The molecule has 2 heteroatoms. The van der Waals surface area contributed by atoms with Gasteiger partial charge in [0.1, 0.15) is 0 Å². The molecule has 0 saturated carbocycles. The molecule has 0 radical (unpaired) electrons. The molecule has 0 fully saturated rings. The Balaban J connectivity index is 3.16. The van der Waals surface area contributed by atoms with Gasteiger partial charge < -0.3 is 0 Å². The number of hydrogen-bond donors (Lipinski definition) is 0. The second-order valence-electron chi connectivity index (χ2n) is 3.71. The lowest BCUT2D eigenvalue weighted by Gasteiger charge is -2.29. The molecule has 0 unspecified atom stereocenters. The van der Waals surface area contributed by atoms with E-state index in [4.69, 9.17) is 6.42 Å². The molecule has 0 N–H and O–H groups in total. The van der Waals surface area contributed by atoms with E-state index in [0.717, 1.165) is 0 Å². The summed E-state index contributed by atoms with van der Waals surface area (Å²) in [6.07, 6.45) is 5.10. The predicted molar refractivity (Wildman–Crippen MR) is 53.0 cm³/mol. The molecule has 1 rings (SSSR count). The van der Waals surface area contributed by atoms with Crippen LogP contribution in [-0.2, 0) is 5.92 Å². The molecule has 0 spiro atoms. The fourth-order valence-electron chi connectivity index (χ4n) is 1.10. The highest BCUT2D eigenvalue weighted by Crippen LogP contribution is 2.43. The zero-order valence-electron chi connectivity index (χ0n) is 8.22. The van der Waals surface area contributed by atoms with E-state index in [-0.39, 0.29) is 5.56 Å². The van der Waals surface area contributed by atoms with Crippen LogP contribution in [0.25, 0.3) is 0 Å². The molecule has 0 aliphatic carbocycles. The van der Waals surface area contributed by atoms with Crippen LogP contribution in [0.2, 0.25) is 0 Å². The van der Waals surface area contributed by atoms with E-state index >= 15 is 0 Å². The Morgan fingerprint density at radius 2 is 1.64 bits per heavy atom. The highest BCUT2D eigenvalue weighted by Gasteiger charge is 2.46. The van der Waals surface area contributed by atoms with Gasteiger partial charge in [-0.3, -0.25) is 0 Å². The minimum absolute atomic E-state index is 0.0389. The van der Waals surface area contributed by atoms with Gasteiger partial charge in [-0.15, -0.1) is 6.42 Å². The Morgan fingerprint density at radius 3 is 2.07 bits per heavy atom. The zero-order valence-corrected chi connectivity index (χ0v) is 8.22. The molecular weight excluding hydrogens is 182 g/mol. The SMILES string of the molecule is C#CC(C)(C)C(F)(F)c1ccccc1. The molecule has 0 saturated heterocycles. The largest absolute Gasteiger partial charge is 0.288 e. The third-order valence-corrected chi connectivity index (χ3v) is 2.28. The average molecular weight is 194 g/mol. The number of benzene rings is 1. The van der Waals surface area contributed by atoms with Gasteiger partial charge in [0.05, 0.1) is 5.41 Å². The van der Waals surface area contributed by atoms with Crippen molar-refractivity contribution < 1.29 is 8.78 Å². The summed E-state index contributed by atoms with van der Waals surface area (Å²) in [5.74, 6) is -0.867. The minimum atomic E-state index is -3.00. The Kier molecular flexibility index (Phi) is 2.62. The third-order valence-electron chi connectivity index (χ3n) is 2.28. The van der Waals surface area contributed by atoms with E-state index in [2.05, 4.69) is 5.92 Å². The normalized spacial score (nSPS) is 12.2. The van der Waals surface area contributed by atoms with Gasteiger partial charge in [-0.05, 0) is 13.8 Å². The Labute approximate surface area is 83.0 Å². The van der Waals surface area contributed by atoms with E-state index in [1.807, 2.05) is 0 Å². The van der Waals surface area contributed by atoms with Gasteiger partial charge in [-0.1, -0.05) is 36.3 Å². The van der Waals surface area contributed by atoms with Gasteiger partial charge in [0.15, 0.2) is 0 Å². The maximum Gasteiger partial charge on any atom is 0.288 e. The van der Waals surface area contributed by atoms with E-state index in [1.54, 1.807) is 18.2 Å². The molecular formula is C12H12F2. The van der Waals surface area contributed by atoms with Crippen molar-refractivity contribution in [2.24, 2.45) is 5.41 Å². The number of alkyl halides is 2. The topological polar surface area (TPSA) is 0 Å². The van der Waals surface area contributed by atoms with Crippen LogP contribution >= 0.6 is 0 Å². The Bertz CT molecular complexity index is 344. The highest BCUT2D eigenvalue weighted by atomic mass is 19.3. The van der Waals surface area contributed by atoms with Crippen molar-refractivity contribution in [3.05, 3.63) is 35.9 Å². The Morgan fingerprint density at radius 1 is 1.14 bits per heavy atom. The van der Waals surface area contributed by atoms with Gasteiger partial charge in [-0.25, -0.2) is 0 Å². The van der Waals surface area contributed by atoms with Crippen LogP contribution < -0.4 is 0 Å². The summed E-state index contributed by atoms with van der Waals surface area (Å²) in [6, 6.07) is 7.63. The second kappa shape index (κ2) is 3.42. The lowest BCUT2D eigenvalue weighted by Crippen LogP contribution is -2.32. The van der Waals surface area contributed by atoms with Gasteiger partial charge in [0.25, 0.3) is 5.92 Å². The summed E-state index contributed by atoms with van der Waals surface area (Å²) in [5.41, 5.74) is -1.50. The average Bonchev–Trinajstić information content (AvgIpc) is 2.19. The fourth-order valence-corrected chi connectivity index (χ4v) is 1.10. The molecule has 1 aromatic carbocycles. The van der Waals surface area contributed by atoms with Crippen molar-refractivity contribution in [3.8, 4) is 12.3 Å². The van der Waals surface area contributed by atoms with Crippen LogP contribution in [-0.4, -0.2) is 0 Å².